The lowest BCUT2D eigenvalue weighted by Gasteiger charge is -2.24. The van der Waals surface area contributed by atoms with Crippen molar-refractivity contribution in [2.45, 2.75) is 39.3 Å². The molecular formula is C17H22FN3O3. The van der Waals surface area contributed by atoms with Crippen molar-refractivity contribution in [2.75, 3.05) is 13.6 Å². The third kappa shape index (κ3) is 4.78. The molecular weight excluding hydrogens is 313 g/mol. The van der Waals surface area contributed by atoms with E-state index in [-0.39, 0.29) is 31.2 Å². The normalized spacial score (nSPS) is 14.6. The largest absolute Gasteiger partial charge is 0.444 e. The summed E-state index contributed by atoms with van der Waals surface area (Å²) in [4.78, 5) is 25.3. The smallest absolute Gasteiger partial charge is 0.410 e. The fraction of sp³-hybridized carbons (Fsp3) is 0.471. The van der Waals surface area contributed by atoms with Gasteiger partial charge in [-0.05, 0) is 26.8 Å². The second-order valence-electron chi connectivity index (χ2n) is 6.72. The fourth-order valence-corrected chi connectivity index (χ4v) is 2.20. The molecule has 2 amide bonds. The highest BCUT2D eigenvalue weighted by Crippen LogP contribution is 2.16. The van der Waals surface area contributed by atoms with Crippen molar-refractivity contribution in [3.05, 3.63) is 35.6 Å². The molecule has 2 rings (SSSR count). The molecule has 0 bridgehead atoms. The van der Waals surface area contributed by atoms with Crippen LogP contribution in [0.1, 0.15) is 32.8 Å². The molecule has 1 aliphatic rings. The molecule has 0 saturated carbocycles. The molecule has 0 aromatic heterocycles. The van der Waals surface area contributed by atoms with Gasteiger partial charge in [0, 0.05) is 12.6 Å². The SMILES string of the molecule is CN(CC1=NN(Cc2ccccc2F)C(=O)C1)C(=O)OC(C)(C)C. The Morgan fingerprint density at radius 2 is 2.04 bits per heavy atom. The van der Waals surface area contributed by atoms with Crippen LogP contribution in [-0.2, 0) is 16.1 Å². The third-order valence-electron chi connectivity index (χ3n) is 3.31. The Hall–Kier alpha value is -2.44. The van der Waals surface area contributed by atoms with Crippen LogP contribution in [0.2, 0.25) is 0 Å². The van der Waals surface area contributed by atoms with Crippen LogP contribution < -0.4 is 0 Å². The first-order valence-corrected chi connectivity index (χ1v) is 7.70. The molecule has 1 aromatic rings. The summed E-state index contributed by atoms with van der Waals surface area (Å²) in [6.07, 6.45) is -0.369. The third-order valence-corrected chi connectivity index (χ3v) is 3.31. The number of carbonyl (C=O) groups is 2. The minimum atomic E-state index is -0.588. The lowest BCUT2D eigenvalue weighted by Crippen LogP contribution is -2.37. The average Bonchev–Trinajstić information content (AvgIpc) is 2.79. The van der Waals surface area contributed by atoms with Crippen LogP contribution >= 0.6 is 0 Å². The van der Waals surface area contributed by atoms with Gasteiger partial charge < -0.3 is 9.64 Å². The summed E-state index contributed by atoms with van der Waals surface area (Å²) in [5.74, 6) is -0.592. The zero-order chi connectivity index (χ0) is 17.9. The Morgan fingerprint density at radius 3 is 2.67 bits per heavy atom. The lowest BCUT2D eigenvalue weighted by molar-refractivity contribution is -0.129. The van der Waals surface area contributed by atoms with Gasteiger partial charge in [-0.2, -0.15) is 5.10 Å². The first-order chi connectivity index (χ1) is 11.2. The van der Waals surface area contributed by atoms with Gasteiger partial charge in [0.15, 0.2) is 0 Å². The fourth-order valence-electron chi connectivity index (χ4n) is 2.20. The average molecular weight is 335 g/mol. The molecule has 6 nitrogen and oxygen atoms in total. The van der Waals surface area contributed by atoms with E-state index in [1.807, 2.05) is 0 Å². The van der Waals surface area contributed by atoms with Crippen molar-refractivity contribution in [3.8, 4) is 0 Å². The number of carbonyl (C=O) groups excluding carboxylic acids is 2. The Labute approximate surface area is 140 Å². The summed E-state index contributed by atoms with van der Waals surface area (Å²) in [5, 5.41) is 5.44. The van der Waals surface area contributed by atoms with E-state index in [2.05, 4.69) is 5.10 Å². The Kier molecular flexibility index (Phi) is 5.21. The number of hydrogen-bond acceptors (Lipinski definition) is 4. The van der Waals surface area contributed by atoms with E-state index in [1.165, 1.54) is 16.0 Å². The van der Waals surface area contributed by atoms with Crippen molar-refractivity contribution in [1.29, 1.82) is 0 Å². The van der Waals surface area contributed by atoms with Gasteiger partial charge in [0.1, 0.15) is 11.4 Å². The number of benzene rings is 1. The molecule has 0 radical (unpaired) electrons. The summed E-state index contributed by atoms with van der Waals surface area (Å²) in [6.45, 7) is 5.61. The maximum Gasteiger partial charge on any atom is 0.410 e. The zero-order valence-corrected chi connectivity index (χ0v) is 14.4. The molecule has 7 heteroatoms. The topological polar surface area (TPSA) is 62.2 Å². The van der Waals surface area contributed by atoms with E-state index < -0.39 is 11.7 Å². The first kappa shape index (κ1) is 17.9. The summed E-state index contributed by atoms with van der Waals surface area (Å²) < 4.78 is 18.9. The number of amides is 2. The maximum atomic E-state index is 13.7. The predicted octanol–water partition coefficient (Wildman–Crippen LogP) is 2.78. The number of ether oxygens (including phenoxy) is 1. The minimum absolute atomic E-state index is 0.0746. The van der Waals surface area contributed by atoms with Gasteiger partial charge in [0.05, 0.1) is 25.2 Å². The Morgan fingerprint density at radius 1 is 1.38 bits per heavy atom. The molecule has 130 valence electrons. The van der Waals surface area contributed by atoms with Crippen molar-refractivity contribution in [2.24, 2.45) is 5.10 Å². The standard InChI is InChI=1S/C17H22FN3O3/c1-17(2,3)24-16(23)20(4)11-13-9-15(22)21(19-13)10-12-7-5-6-8-14(12)18/h5-8H,9-11H2,1-4H3. The summed E-state index contributed by atoms with van der Waals surface area (Å²) in [5.41, 5.74) is 0.358. The van der Waals surface area contributed by atoms with Gasteiger partial charge >= 0.3 is 6.09 Å². The van der Waals surface area contributed by atoms with Crippen LogP contribution in [0.4, 0.5) is 9.18 Å². The van der Waals surface area contributed by atoms with Crippen molar-refractivity contribution >= 4 is 17.7 Å². The molecule has 0 N–H and O–H groups in total. The van der Waals surface area contributed by atoms with E-state index in [0.29, 0.717) is 11.3 Å². The molecule has 0 unspecified atom stereocenters. The van der Waals surface area contributed by atoms with E-state index in [9.17, 15) is 14.0 Å². The van der Waals surface area contributed by atoms with Gasteiger partial charge in [-0.1, -0.05) is 18.2 Å². The van der Waals surface area contributed by atoms with Crippen LogP contribution in [0.3, 0.4) is 0 Å². The second-order valence-corrected chi connectivity index (χ2v) is 6.72. The summed E-state index contributed by atoms with van der Waals surface area (Å²) in [7, 11) is 1.58. The molecule has 0 saturated heterocycles. The van der Waals surface area contributed by atoms with Crippen LogP contribution in [0, 0.1) is 5.82 Å². The molecule has 1 aliphatic heterocycles. The number of halogens is 1. The highest BCUT2D eigenvalue weighted by Gasteiger charge is 2.27. The number of rotatable bonds is 4. The highest BCUT2D eigenvalue weighted by atomic mass is 19.1. The summed E-state index contributed by atoms with van der Waals surface area (Å²) in [6, 6.07) is 6.26. The summed E-state index contributed by atoms with van der Waals surface area (Å²) >= 11 is 0. The number of hydrogen-bond donors (Lipinski definition) is 0. The van der Waals surface area contributed by atoms with Crippen molar-refractivity contribution < 1.29 is 18.7 Å². The molecule has 1 heterocycles. The highest BCUT2D eigenvalue weighted by molar-refractivity contribution is 6.06. The minimum Gasteiger partial charge on any atom is -0.444 e. The van der Waals surface area contributed by atoms with Crippen LogP contribution in [0.25, 0.3) is 0 Å². The van der Waals surface area contributed by atoms with Crippen LogP contribution in [0.5, 0.6) is 0 Å². The maximum absolute atomic E-state index is 13.7. The van der Waals surface area contributed by atoms with Gasteiger partial charge in [-0.25, -0.2) is 14.2 Å². The van der Waals surface area contributed by atoms with Crippen LogP contribution in [0.15, 0.2) is 29.4 Å². The van der Waals surface area contributed by atoms with Gasteiger partial charge in [0.2, 0.25) is 5.91 Å². The lowest BCUT2D eigenvalue weighted by atomic mass is 10.2. The van der Waals surface area contributed by atoms with Crippen molar-refractivity contribution in [1.82, 2.24) is 9.91 Å². The van der Waals surface area contributed by atoms with E-state index >= 15 is 0 Å². The molecule has 24 heavy (non-hydrogen) atoms. The Bertz CT molecular complexity index is 667. The predicted molar refractivity (Wildman–Crippen MR) is 87.9 cm³/mol. The van der Waals surface area contributed by atoms with E-state index in [1.54, 1.807) is 46.0 Å². The zero-order valence-electron chi connectivity index (χ0n) is 14.4. The number of nitrogens with zero attached hydrogens (tertiary/aromatic N) is 3. The van der Waals surface area contributed by atoms with E-state index in [0.717, 1.165) is 0 Å². The van der Waals surface area contributed by atoms with Gasteiger partial charge in [-0.3, -0.25) is 4.79 Å². The molecule has 0 aliphatic carbocycles. The monoisotopic (exact) mass is 335 g/mol. The molecule has 0 atom stereocenters. The van der Waals surface area contributed by atoms with Crippen LogP contribution in [-0.4, -0.2) is 46.8 Å². The first-order valence-electron chi connectivity index (χ1n) is 7.70. The second kappa shape index (κ2) is 6.98. The molecule has 0 fully saturated rings. The molecule has 1 aromatic carbocycles. The van der Waals surface area contributed by atoms with Crippen molar-refractivity contribution in [3.63, 3.8) is 0 Å². The van der Waals surface area contributed by atoms with Gasteiger partial charge in [0.25, 0.3) is 0 Å². The number of hydrazone groups is 1. The quantitative estimate of drug-likeness (QED) is 0.850. The molecule has 0 spiro atoms. The van der Waals surface area contributed by atoms with E-state index in [4.69, 9.17) is 4.74 Å². The Balaban J connectivity index is 1.99. The van der Waals surface area contributed by atoms with Gasteiger partial charge in [-0.15, -0.1) is 0 Å².